The molecule has 2 aromatic carbocycles. The van der Waals surface area contributed by atoms with Crippen LogP contribution >= 0.6 is 31.9 Å². The minimum atomic E-state index is -0.893. The van der Waals surface area contributed by atoms with E-state index in [4.69, 9.17) is 29.6 Å². The summed E-state index contributed by atoms with van der Waals surface area (Å²) in [5, 5.41) is 36.1. The molecule has 3 heterocycles. The van der Waals surface area contributed by atoms with E-state index in [-0.39, 0.29) is 64.4 Å². The van der Waals surface area contributed by atoms with Gasteiger partial charge in [-0.3, -0.25) is 19.3 Å². The van der Waals surface area contributed by atoms with Crippen LogP contribution in [0.2, 0.25) is 17.4 Å². The summed E-state index contributed by atoms with van der Waals surface area (Å²) in [4.78, 5) is 37.4. The van der Waals surface area contributed by atoms with Gasteiger partial charge in [0.05, 0.1) is 61.5 Å². The number of rotatable bonds is 11. The zero-order valence-electron chi connectivity index (χ0n) is 44.5. The number of carbonyl (C=O) groups excluding carboxylic acids is 2. The smallest absolute Gasteiger partial charge is 0.326 e. The number of fused-ring (bicyclic) bond motifs is 5. The van der Waals surface area contributed by atoms with E-state index in [1.807, 2.05) is 0 Å². The van der Waals surface area contributed by atoms with Gasteiger partial charge in [0.2, 0.25) is 5.91 Å². The largest absolute Gasteiger partial charge is 0.495 e. The Hall–Kier alpha value is -1.99. The Balaban J connectivity index is 0.000000190. The first kappa shape index (κ1) is 59.3. The van der Waals surface area contributed by atoms with Crippen molar-refractivity contribution < 1.29 is 57.6 Å². The molecule has 19 heteroatoms. The number of aliphatic hydroxyl groups is 3. The molecule has 3 aliphatic heterocycles. The minimum absolute atomic E-state index is 0.0480. The third-order valence-electron chi connectivity index (χ3n) is 17.3. The van der Waals surface area contributed by atoms with Crippen LogP contribution in [-0.2, 0) is 37.1 Å². The van der Waals surface area contributed by atoms with Crippen molar-refractivity contribution in [3.63, 3.8) is 0 Å². The lowest BCUT2D eigenvalue weighted by molar-refractivity contribution is -0.195. The summed E-state index contributed by atoms with van der Waals surface area (Å²) >= 11 is 6.44. The Kier molecular flexibility index (Phi) is 19.9. The highest BCUT2D eigenvalue weighted by Gasteiger charge is 2.59. The van der Waals surface area contributed by atoms with E-state index in [1.54, 1.807) is 13.8 Å². The Morgan fingerprint density at radius 3 is 1.74 bits per heavy atom. The molecule has 0 spiro atoms. The summed E-state index contributed by atoms with van der Waals surface area (Å²) in [5.74, 6) is 9.51. The van der Waals surface area contributed by atoms with Crippen molar-refractivity contribution in [1.29, 1.82) is 0 Å². The monoisotopic (exact) mass is 1160 g/mol. The molecule has 16 atom stereocenters. The van der Waals surface area contributed by atoms with Crippen LogP contribution in [0.4, 0.5) is 8.78 Å². The normalized spacial score (nSPS) is 35.0. The van der Waals surface area contributed by atoms with Gasteiger partial charge in [-0.2, -0.15) is 10.1 Å². The Morgan fingerprint density at radius 1 is 0.833 bits per heavy atom. The zero-order valence-corrected chi connectivity index (χ0v) is 48.8. The number of nitrogens with zero attached hydrogens (tertiary/aromatic N) is 2. The number of hydroxylamine groups is 4. The van der Waals surface area contributed by atoms with Gasteiger partial charge in [0.15, 0.2) is 0 Å². The predicted molar refractivity (Wildman–Crippen MR) is 280 cm³/mol. The number of amides is 1. The Labute approximate surface area is 447 Å². The number of ether oxygens (including phenoxy) is 3. The number of hydrogen-bond acceptors (Lipinski definition) is 13. The van der Waals surface area contributed by atoms with Gasteiger partial charge < -0.3 is 40.6 Å². The van der Waals surface area contributed by atoms with Gasteiger partial charge in [-0.25, -0.2) is 8.78 Å². The van der Waals surface area contributed by atoms with Crippen LogP contribution in [0.1, 0.15) is 92.2 Å². The number of halogens is 4. The highest BCUT2D eigenvalue weighted by Crippen LogP contribution is 2.62. The lowest BCUT2D eigenvalue weighted by atomic mass is 9.45. The van der Waals surface area contributed by atoms with E-state index < -0.39 is 53.9 Å². The molecule has 6 aliphatic carbocycles. The van der Waals surface area contributed by atoms with Crippen LogP contribution in [0, 0.1) is 69.8 Å². The standard InChI is InChI=1S/C25H36BrFN2O5.C15H17BrFNO5.C10H19N.3CH3.Al/c1-12-17-7-15(25(17,3)4)8-19(12)28-24(32)22-21(13(2)31)20(11-30)34-29(22)10-14-6-16(27)9-18(26)23(14)33-5;1-7-12-11(6-19)23-18(13(12)15(20)22-7)5-8-3-9(17)4-10(16)14(8)21-2;1-6-8-4-7(5-9(6)11)10(8,2)3;;;;/h6,9,12-13,15,17,19-22,30-31H,7-8,10-11H2,1-5H3,(H,28,32);3-4,7,11-13,19H,5-6H2,1-2H3;6-9H,4-5,11H2,1-3H3;3*1H3;/t12-,13-,15+,17-,19-,20-,21+,22-;7-,11-,12+,13-;6-,7+,8-,9-;;;;/m000..../s1. The summed E-state index contributed by atoms with van der Waals surface area (Å²) in [5.41, 5.74) is 7.95. The van der Waals surface area contributed by atoms with Crippen molar-refractivity contribution in [2.75, 3.05) is 27.4 Å². The second-order valence-corrected chi connectivity index (χ2v) is 28.5. The molecule has 0 unspecified atom stereocenters. The van der Waals surface area contributed by atoms with Crippen LogP contribution in [0.25, 0.3) is 0 Å². The number of esters is 1. The van der Waals surface area contributed by atoms with Gasteiger partial charge in [0.1, 0.15) is 53.5 Å². The molecule has 0 aromatic heterocycles. The molecule has 72 heavy (non-hydrogen) atoms. The molecule has 11 rings (SSSR count). The number of methoxy groups -OCH3 is 2. The van der Waals surface area contributed by atoms with Gasteiger partial charge >= 0.3 is 5.97 Å². The van der Waals surface area contributed by atoms with Crippen molar-refractivity contribution >= 4 is 57.9 Å². The fourth-order valence-electron chi connectivity index (χ4n) is 13.1. The number of nitrogens with one attached hydrogen (secondary N) is 1. The summed E-state index contributed by atoms with van der Waals surface area (Å²) < 4.78 is 44.8. The Morgan fingerprint density at radius 2 is 1.31 bits per heavy atom. The van der Waals surface area contributed by atoms with Crippen LogP contribution in [-0.4, -0.2) is 127 Å². The fourth-order valence-corrected chi connectivity index (χ4v) is 14.4. The molecule has 3 saturated heterocycles. The number of aliphatic hydroxyl groups excluding tert-OH is 3. The van der Waals surface area contributed by atoms with Crippen molar-refractivity contribution in [1.82, 2.24) is 15.4 Å². The molecule has 404 valence electrons. The van der Waals surface area contributed by atoms with Gasteiger partial charge in [-0.15, -0.1) is 17.4 Å². The summed E-state index contributed by atoms with van der Waals surface area (Å²) in [6.07, 6.45) is 2.34. The van der Waals surface area contributed by atoms with E-state index in [0.717, 1.165) is 24.2 Å². The summed E-state index contributed by atoms with van der Waals surface area (Å²) in [7, 11) is 2.97. The minimum Gasteiger partial charge on any atom is -0.495 e. The predicted octanol–water partition coefficient (Wildman–Crippen LogP) is 8.28. The Bertz CT molecular complexity index is 2210. The van der Waals surface area contributed by atoms with E-state index in [0.29, 0.717) is 66.2 Å². The summed E-state index contributed by atoms with van der Waals surface area (Å²) in [6.45, 7) is 17.0. The average Bonchev–Trinajstić information content (AvgIpc) is 3.95. The number of cyclic esters (lactones) is 1. The van der Waals surface area contributed by atoms with Gasteiger partial charge in [-0.05, 0) is 142 Å². The lowest BCUT2D eigenvalue weighted by Crippen LogP contribution is -2.62. The SMILES string of the molecule is COc1c(Br)cc(F)cc1CN1O[C@@H](CO)[C@@H]([C@H](C)O)[C@H]1C(=O)N[C@H]1C[C@H]2C[C@@H]([C@@H]1C)C2(C)C.COc1c(Br)cc(F)cc1CN1O[C@@H](CO)[C@H]2[C@H](C)OC(=O)[C@H]21.C[C@@H]1[C@@H](N)C[C@H]2C[C@@H]1C2(C)C.[CH3][Al]([CH3])[CH3]. The van der Waals surface area contributed by atoms with Gasteiger partial charge in [0, 0.05) is 29.1 Å². The number of hydrogen-bond donors (Lipinski definition) is 5. The van der Waals surface area contributed by atoms with Crippen LogP contribution in [0.15, 0.2) is 33.2 Å². The molecule has 14 nitrogen and oxygen atoms in total. The molecule has 9 aliphatic rings. The molecule has 9 fully saturated rings. The highest BCUT2D eigenvalue weighted by molar-refractivity contribution is 9.11. The fraction of sp³-hybridized carbons (Fsp3) is 0.736. The molecule has 0 radical (unpaired) electrons. The van der Waals surface area contributed by atoms with Crippen LogP contribution < -0.4 is 20.5 Å². The first-order valence-electron chi connectivity index (χ1n) is 25.8. The topological polar surface area (TPSA) is 186 Å². The number of carbonyl (C=O) groups is 2. The van der Waals surface area contributed by atoms with E-state index in [1.165, 1.54) is 67.9 Å². The third-order valence-corrected chi connectivity index (χ3v) is 18.5. The van der Waals surface area contributed by atoms with Crippen LogP contribution in [0.3, 0.4) is 0 Å². The third kappa shape index (κ3) is 12.2. The molecular weight excluding hydrogens is 1080 g/mol. The molecule has 6 saturated carbocycles. The maximum Gasteiger partial charge on any atom is 0.326 e. The van der Waals surface area contributed by atoms with Gasteiger partial charge in [-0.1, -0.05) is 41.5 Å². The first-order chi connectivity index (χ1) is 33.7. The average molecular weight is 1160 g/mol. The van der Waals surface area contributed by atoms with Crippen molar-refractivity contribution in [3.8, 4) is 11.5 Å². The van der Waals surface area contributed by atoms with Gasteiger partial charge in [0.25, 0.3) is 14.1 Å². The van der Waals surface area contributed by atoms with Crippen molar-refractivity contribution in [2.45, 2.75) is 160 Å². The maximum atomic E-state index is 14.2. The maximum absolute atomic E-state index is 14.2. The molecule has 6 N–H and O–H groups in total. The zero-order chi connectivity index (χ0) is 53.5. The quantitative estimate of drug-likeness (QED) is 0.107. The van der Waals surface area contributed by atoms with Crippen molar-refractivity contribution in [2.24, 2.45) is 63.9 Å². The second-order valence-electron chi connectivity index (χ2n) is 23.3. The van der Waals surface area contributed by atoms with Crippen LogP contribution in [0.5, 0.6) is 11.5 Å². The summed E-state index contributed by atoms with van der Waals surface area (Å²) in [6, 6.07) is 4.36. The molecule has 4 bridgehead atoms. The van der Waals surface area contributed by atoms with E-state index >= 15 is 0 Å². The molecular formula is C53H81AlBr2F2N4O10. The van der Waals surface area contributed by atoms with E-state index in [2.05, 4.69) is 96.1 Å². The number of benzene rings is 2. The van der Waals surface area contributed by atoms with E-state index in [9.17, 15) is 33.7 Å². The lowest BCUT2D eigenvalue weighted by Gasteiger charge is -2.62. The second kappa shape index (κ2) is 24.1. The highest BCUT2D eigenvalue weighted by atomic mass is 79.9. The molecule has 1 amide bonds. The van der Waals surface area contributed by atoms with Crippen molar-refractivity contribution in [3.05, 3.63) is 56.0 Å². The number of nitrogens with two attached hydrogens (primary N) is 1. The first-order valence-corrected chi connectivity index (χ1v) is 30.8. The molecule has 2 aromatic rings.